The van der Waals surface area contributed by atoms with Gasteiger partial charge in [0.15, 0.2) is 0 Å². The van der Waals surface area contributed by atoms with E-state index in [1.165, 1.54) is 44.2 Å². The van der Waals surface area contributed by atoms with Crippen molar-refractivity contribution >= 4 is 0 Å². The molecule has 2 unspecified atom stereocenters. The van der Waals surface area contributed by atoms with E-state index in [0.717, 1.165) is 30.8 Å². The molecule has 2 heterocycles. The van der Waals surface area contributed by atoms with Crippen LogP contribution in [0.25, 0.3) is 0 Å². The Morgan fingerprint density at radius 2 is 2.22 bits per heavy atom. The van der Waals surface area contributed by atoms with Crippen LogP contribution in [0.2, 0.25) is 0 Å². The van der Waals surface area contributed by atoms with E-state index < -0.39 is 0 Å². The average Bonchev–Trinajstić information content (AvgIpc) is 2.99. The van der Waals surface area contributed by atoms with Gasteiger partial charge in [-0.05, 0) is 44.8 Å². The van der Waals surface area contributed by atoms with Crippen molar-refractivity contribution in [2.75, 3.05) is 13.6 Å². The van der Waals surface area contributed by atoms with Crippen LogP contribution in [0, 0.1) is 5.92 Å². The predicted molar refractivity (Wildman–Crippen MR) is 72.2 cm³/mol. The lowest BCUT2D eigenvalue weighted by Crippen LogP contribution is -2.34. The number of nitrogens with zero attached hydrogens (tertiary/aromatic N) is 1. The second-order valence-corrected chi connectivity index (χ2v) is 5.77. The second kappa shape index (κ2) is 5.45. The molecule has 1 aliphatic carbocycles. The molecule has 3 heteroatoms. The third-order valence-corrected chi connectivity index (χ3v) is 4.67. The SMILES string of the molecule is CNCc1occc1CN1CCC2CCCCC21. The molecule has 100 valence electrons. The van der Waals surface area contributed by atoms with Gasteiger partial charge in [-0.1, -0.05) is 12.8 Å². The third-order valence-electron chi connectivity index (χ3n) is 4.67. The van der Waals surface area contributed by atoms with Gasteiger partial charge in [0.25, 0.3) is 0 Å². The molecule has 0 bridgehead atoms. The van der Waals surface area contributed by atoms with Gasteiger partial charge < -0.3 is 9.73 Å². The standard InChI is InChI=1S/C15H24N2O/c1-16-10-15-13(7-9-18-15)11-17-8-6-12-4-2-3-5-14(12)17/h7,9,12,14,16H,2-6,8,10-11H2,1H3. The molecule has 2 fully saturated rings. The minimum absolute atomic E-state index is 0.838. The highest BCUT2D eigenvalue weighted by Crippen LogP contribution is 2.37. The van der Waals surface area contributed by atoms with Gasteiger partial charge in [-0.3, -0.25) is 4.90 Å². The summed E-state index contributed by atoms with van der Waals surface area (Å²) >= 11 is 0. The van der Waals surface area contributed by atoms with Crippen LogP contribution in [0.3, 0.4) is 0 Å². The van der Waals surface area contributed by atoms with Crippen molar-refractivity contribution in [1.82, 2.24) is 10.2 Å². The molecule has 3 rings (SSSR count). The molecule has 1 saturated carbocycles. The first-order valence-corrected chi connectivity index (χ1v) is 7.32. The summed E-state index contributed by atoms with van der Waals surface area (Å²) in [5.74, 6) is 2.08. The van der Waals surface area contributed by atoms with Gasteiger partial charge in [-0.15, -0.1) is 0 Å². The summed E-state index contributed by atoms with van der Waals surface area (Å²) in [4.78, 5) is 2.69. The van der Waals surface area contributed by atoms with Crippen molar-refractivity contribution < 1.29 is 4.42 Å². The maximum absolute atomic E-state index is 5.56. The Hall–Kier alpha value is -0.800. The Morgan fingerprint density at radius 1 is 1.33 bits per heavy atom. The van der Waals surface area contributed by atoms with Crippen molar-refractivity contribution in [2.45, 2.75) is 51.2 Å². The molecule has 1 aromatic rings. The molecule has 1 N–H and O–H groups in total. The van der Waals surface area contributed by atoms with Gasteiger partial charge in [0, 0.05) is 18.2 Å². The smallest absolute Gasteiger partial charge is 0.122 e. The van der Waals surface area contributed by atoms with Crippen molar-refractivity contribution in [1.29, 1.82) is 0 Å². The first-order chi connectivity index (χ1) is 8.88. The summed E-state index contributed by atoms with van der Waals surface area (Å²) in [7, 11) is 1.97. The van der Waals surface area contributed by atoms with Crippen LogP contribution >= 0.6 is 0 Å². The highest BCUT2D eigenvalue weighted by molar-refractivity contribution is 5.17. The fraction of sp³-hybridized carbons (Fsp3) is 0.733. The summed E-state index contributed by atoms with van der Waals surface area (Å²) < 4.78 is 5.56. The molecule has 1 aliphatic heterocycles. The van der Waals surface area contributed by atoms with E-state index in [0.29, 0.717) is 0 Å². The van der Waals surface area contributed by atoms with Gasteiger partial charge in [0.1, 0.15) is 5.76 Å². The summed E-state index contributed by atoms with van der Waals surface area (Å²) in [6, 6.07) is 2.99. The van der Waals surface area contributed by atoms with Crippen molar-refractivity contribution in [3.05, 3.63) is 23.7 Å². The molecule has 0 radical (unpaired) electrons. The zero-order valence-electron chi connectivity index (χ0n) is 11.3. The molecule has 1 saturated heterocycles. The van der Waals surface area contributed by atoms with Crippen molar-refractivity contribution in [3.8, 4) is 0 Å². The average molecular weight is 248 g/mol. The monoisotopic (exact) mass is 248 g/mol. The fourth-order valence-electron chi connectivity index (χ4n) is 3.74. The minimum atomic E-state index is 0.838. The zero-order chi connectivity index (χ0) is 12.4. The summed E-state index contributed by atoms with van der Waals surface area (Å²) in [6.07, 6.45) is 8.97. The molecule has 2 aliphatic rings. The Kier molecular flexibility index (Phi) is 3.71. The molecular weight excluding hydrogens is 224 g/mol. The second-order valence-electron chi connectivity index (χ2n) is 5.77. The Morgan fingerprint density at radius 3 is 3.11 bits per heavy atom. The number of hydrogen-bond acceptors (Lipinski definition) is 3. The van der Waals surface area contributed by atoms with Crippen LogP contribution in [0.1, 0.15) is 43.4 Å². The third kappa shape index (κ3) is 2.34. The van der Waals surface area contributed by atoms with Gasteiger partial charge in [0.05, 0.1) is 12.8 Å². The van der Waals surface area contributed by atoms with E-state index in [1.54, 1.807) is 0 Å². The van der Waals surface area contributed by atoms with Gasteiger partial charge in [-0.25, -0.2) is 0 Å². The molecule has 18 heavy (non-hydrogen) atoms. The maximum atomic E-state index is 5.56. The van der Waals surface area contributed by atoms with Crippen LogP contribution in [0.15, 0.2) is 16.7 Å². The molecule has 2 atom stereocenters. The zero-order valence-corrected chi connectivity index (χ0v) is 11.3. The van der Waals surface area contributed by atoms with Gasteiger partial charge in [-0.2, -0.15) is 0 Å². The molecule has 3 nitrogen and oxygen atoms in total. The number of hydrogen-bond donors (Lipinski definition) is 1. The first-order valence-electron chi connectivity index (χ1n) is 7.32. The van der Waals surface area contributed by atoms with E-state index in [-0.39, 0.29) is 0 Å². The van der Waals surface area contributed by atoms with Crippen LogP contribution in [0.4, 0.5) is 0 Å². The largest absolute Gasteiger partial charge is 0.468 e. The molecule has 1 aromatic heterocycles. The Labute approximate surface area is 110 Å². The number of fused-ring (bicyclic) bond motifs is 1. The normalized spacial score (nSPS) is 28.5. The lowest BCUT2D eigenvalue weighted by Gasteiger charge is -2.31. The quantitative estimate of drug-likeness (QED) is 0.888. The number of likely N-dealkylation sites (tertiary alicyclic amines) is 1. The summed E-state index contributed by atoms with van der Waals surface area (Å²) in [6.45, 7) is 3.19. The predicted octanol–water partition coefficient (Wildman–Crippen LogP) is 2.76. The molecular formula is C15H24N2O. The highest BCUT2D eigenvalue weighted by atomic mass is 16.3. The van der Waals surface area contributed by atoms with E-state index >= 15 is 0 Å². The van der Waals surface area contributed by atoms with Crippen molar-refractivity contribution in [2.24, 2.45) is 5.92 Å². The number of rotatable bonds is 4. The molecule has 0 spiro atoms. The molecule has 0 amide bonds. The summed E-state index contributed by atoms with van der Waals surface area (Å²) in [5, 5.41) is 3.18. The maximum Gasteiger partial charge on any atom is 0.122 e. The summed E-state index contributed by atoms with van der Waals surface area (Å²) in [5.41, 5.74) is 1.37. The number of furan rings is 1. The molecule has 0 aromatic carbocycles. The van der Waals surface area contributed by atoms with E-state index in [1.807, 2.05) is 13.3 Å². The van der Waals surface area contributed by atoms with E-state index in [2.05, 4.69) is 16.3 Å². The topological polar surface area (TPSA) is 28.4 Å². The van der Waals surface area contributed by atoms with Crippen LogP contribution in [-0.4, -0.2) is 24.5 Å². The minimum Gasteiger partial charge on any atom is -0.468 e. The van der Waals surface area contributed by atoms with Gasteiger partial charge in [0.2, 0.25) is 0 Å². The fourth-order valence-corrected chi connectivity index (χ4v) is 3.74. The highest BCUT2D eigenvalue weighted by Gasteiger charge is 2.35. The Bertz CT molecular complexity index is 388. The van der Waals surface area contributed by atoms with Gasteiger partial charge >= 0.3 is 0 Å². The van der Waals surface area contributed by atoms with E-state index in [9.17, 15) is 0 Å². The van der Waals surface area contributed by atoms with Crippen LogP contribution in [0.5, 0.6) is 0 Å². The lowest BCUT2D eigenvalue weighted by atomic mass is 9.85. The van der Waals surface area contributed by atoms with Crippen LogP contribution < -0.4 is 5.32 Å². The van der Waals surface area contributed by atoms with Crippen LogP contribution in [-0.2, 0) is 13.1 Å². The lowest BCUT2D eigenvalue weighted by molar-refractivity contribution is 0.175. The van der Waals surface area contributed by atoms with E-state index in [4.69, 9.17) is 4.42 Å². The van der Waals surface area contributed by atoms with Crippen molar-refractivity contribution in [3.63, 3.8) is 0 Å². The number of nitrogens with one attached hydrogen (secondary N) is 1. The first kappa shape index (κ1) is 12.2. The Balaban J connectivity index is 1.67.